The van der Waals surface area contributed by atoms with Gasteiger partial charge in [-0.25, -0.2) is 0 Å². The second-order valence-corrected chi connectivity index (χ2v) is 7.05. The summed E-state index contributed by atoms with van der Waals surface area (Å²) in [6.45, 7) is 11.0. The maximum atomic E-state index is 9.19. The topological polar surface area (TPSA) is 54.4 Å². The summed E-state index contributed by atoms with van der Waals surface area (Å²) in [5, 5.41) is 0. The van der Waals surface area contributed by atoms with E-state index in [4.69, 9.17) is 4.55 Å². The Morgan fingerprint density at radius 2 is 1.05 bits per heavy atom. The molecule has 0 unspecified atom stereocenters. The number of hydrogen-bond donors (Lipinski definition) is 1. The lowest BCUT2D eigenvalue weighted by molar-refractivity contribution is -0.910. The molecule has 0 heterocycles. The van der Waals surface area contributed by atoms with Crippen LogP contribution in [0.3, 0.4) is 0 Å². The molecule has 0 aromatic heterocycles. The molecule has 0 aromatic carbocycles. The molecule has 0 radical (unpaired) electrons. The van der Waals surface area contributed by atoms with Gasteiger partial charge >= 0.3 is 0 Å². The first-order valence-corrected chi connectivity index (χ1v) is 9.29. The van der Waals surface area contributed by atoms with Crippen LogP contribution in [-0.2, 0) is 10.1 Å². The zero-order valence-electron chi connectivity index (χ0n) is 13.5. The normalized spacial score (nSPS) is 11.9. The van der Waals surface area contributed by atoms with E-state index in [9.17, 15) is 8.42 Å². The molecule has 0 fully saturated rings. The Bertz CT molecular complexity index is 259. The van der Waals surface area contributed by atoms with E-state index < -0.39 is 10.1 Å². The number of rotatable bonds is 9. The molecule has 0 bridgehead atoms. The number of quaternary nitrogens is 1. The third kappa shape index (κ3) is 20.4. The lowest BCUT2D eigenvalue weighted by atomic mass is 10.2. The highest BCUT2D eigenvalue weighted by Gasteiger charge is 2.18. The second kappa shape index (κ2) is 11.7. The molecule has 0 aliphatic heterocycles. The first-order valence-electron chi connectivity index (χ1n) is 7.44. The number of unbranched alkanes of at least 4 members (excludes halogenated alkanes) is 3. The van der Waals surface area contributed by atoms with Gasteiger partial charge in [0.1, 0.15) is 0 Å². The Labute approximate surface area is 120 Å². The zero-order chi connectivity index (χ0) is 15.4. The van der Waals surface area contributed by atoms with Crippen LogP contribution in [0.5, 0.6) is 0 Å². The quantitative estimate of drug-likeness (QED) is 0.524. The van der Waals surface area contributed by atoms with Crippen molar-refractivity contribution in [2.75, 3.05) is 32.9 Å². The van der Waals surface area contributed by atoms with Gasteiger partial charge in [-0.1, -0.05) is 40.0 Å². The Kier molecular flexibility index (Phi) is 13.0. The lowest BCUT2D eigenvalue weighted by Gasteiger charge is -2.34. The summed E-state index contributed by atoms with van der Waals surface area (Å²) < 4.78 is 27.2. The van der Waals surface area contributed by atoms with E-state index in [1.807, 2.05) is 0 Å². The standard InChI is InChI=1S/C13H30N.CH4O3S/c1-5-8-11-14(4,12-9-6-2)13-10-7-3;1-5(2,3)4/h5-13H2,1-4H3;1H3,(H,2,3,4)/q+1;. The molecule has 0 atom stereocenters. The van der Waals surface area contributed by atoms with Gasteiger partial charge in [0.15, 0.2) is 0 Å². The molecule has 19 heavy (non-hydrogen) atoms. The van der Waals surface area contributed by atoms with Crippen molar-refractivity contribution < 1.29 is 17.5 Å². The highest BCUT2D eigenvalue weighted by molar-refractivity contribution is 7.85. The first-order chi connectivity index (χ1) is 8.68. The minimum Gasteiger partial charge on any atom is -0.326 e. The fourth-order valence-corrected chi connectivity index (χ4v) is 1.95. The fraction of sp³-hybridized carbons (Fsp3) is 1.00. The third-order valence-electron chi connectivity index (χ3n) is 3.15. The molecular weight excluding hydrogens is 262 g/mol. The highest BCUT2D eigenvalue weighted by Crippen LogP contribution is 2.10. The average Bonchev–Trinajstić information content (AvgIpc) is 2.30. The predicted molar refractivity (Wildman–Crippen MR) is 83.0 cm³/mol. The molecular formula is C14H34NO3S+. The van der Waals surface area contributed by atoms with Gasteiger partial charge in [0.05, 0.1) is 32.9 Å². The van der Waals surface area contributed by atoms with Crippen molar-refractivity contribution in [3.05, 3.63) is 0 Å². The van der Waals surface area contributed by atoms with Gasteiger partial charge in [0.2, 0.25) is 0 Å². The fourth-order valence-electron chi connectivity index (χ4n) is 1.95. The SMILES string of the molecule is CCCC[N+](C)(CCCC)CCCC.CS(=O)(=O)O. The van der Waals surface area contributed by atoms with E-state index in [-0.39, 0.29) is 0 Å². The summed E-state index contributed by atoms with van der Waals surface area (Å²) in [7, 11) is -1.22. The highest BCUT2D eigenvalue weighted by atomic mass is 32.2. The van der Waals surface area contributed by atoms with Gasteiger partial charge < -0.3 is 4.48 Å². The van der Waals surface area contributed by atoms with E-state index in [1.54, 1.807) is 0 Å². The summed E-state index contributed by atoms with van der Waals surface area (Å²) in [5.74, 6) is 0. The third-order valence-corrected chi connectivity index (χ3v) is 3.15. The van der Waals surface area contributed by atoms with Crippen LogP contribution in [0, 0.1) is 0 Å². The van der Waals surface area contributed by atoms with Crippen molar-refractivity contribution in [3.63, 3.8) is 0 Å². The van der Waals surface area contributed by atoms with E-state index in [0.717, 1.165) is 0 Å². The number of nitrogens with zero attached hydrogens (tertiary/aromatic N) is 1. The van der Waals surface area contributed by atoms with Gasteiger partial charge in [0, 0.05) is 0 Å². The van der Waals surface area contributed by atoms with Crippen molar-refractivity contribution >= 4 is 10.1 Å². The minimum absolute atomic E-state index is 0.715. The Hall–Kier alpha value is -0.130. The molecule has 0 rings (SSSR count). The molecule has 118 valence electrons. The molecule has 0 saturated heterocycles. The smallest absolute Gasteiger partial charge is 0.261 e. The lowest BCUT2D eigenvalue weighted by Crippen LogP contribution is -2.46. The minimum atomic E-state index is -3.67. The van der Waals surface area contributed by atoms with Crippen LogP contribution in [0.1, 0.15) is 59.3 Å². The van der Waals surface area contributed by atoms with Crippen LogP contribution >= 0.6 is 0 Å². The summed E-state index contributed by atoms with van der Waals surface area (Å²) in [6.07, 6.45) is 8.91. The predicted octanol–water partition coefficient (Wildman–Crippen LogP) is 3.34. The summed E-state index contributed by atoms with van der Waals surface area (Å²) in [4.78, 5) is 0. The van der Waals surface area contributed by atoms with Crippen molar-refractivity contribution in [1.82, 2.24) is 0 Å². The van der Waals surface area contributed by atoms with Gasteiger partial charge in [-0.15, -0.1) is 0 Å². The maximum absolute atomic E-state index is 9.19. The maximum Gasteiger partial charge on any atom is 0.261 e. The van der Waals surface area contributed by atoms with Gasteiger partial charge in [0.25, 0.3) is 10.1 Å². The van der Waals surface area contributed by atoms with Crippen molar-refractivity contribution in [2.24, 2.45) is 0 Å². The van der Waals surface area contributed by atoms with Crippen LogP contribution < -0.4 is 0 Å². The molecule has 1 N–H and O–H groups in total. The summed E-state index contributed by atoms with van der Waals surface area (Å²) in [6, 6.07) is 0. The molecule has 4 nitrogen and oxygen atoms in total. The van der Waals surface area contributed by atoms with Gasteiger partial charge in [-0.05, 0) is 19.3 Å². The average molecular weight is 296 g/mol. The number of hydrogen-bond acceptors (Lipinski definition) is 2. The van der Waals surface area contributed by atoms with Crippen LogP contribution in [0.2, 0.25) is 0 Å². The van der Waals surface area contributed by atoms with Gasteiger partial charge in [-0.3, -0.25) is 4.55 Å². The zero-order valence-corrected chi connectivity index (χ0v) is 14.3. The monoisotopic (exact) mass is 296 g/mol. The van der Waals surface area contributed by atoms with Crippen LogP contribution in [0.25, 0.3) is 0 Å². The van der Waals surface area contributed by atoms with Crippen molar-refractivity contribution in [3.8, 4) is 0 Å². The van der Waals surface area contributed by atoms with E-state index in [0.29, 0.717) is 6.26 Å². The summed E-state index contributed by atoms with van der Waals surface area (Å²) >= 11 is 0. The Morgan fingerprint density at radius 3 is 1.21 bits per heavy atom. The van der Waals surface area contributed by atoms with Crippen LogP contribution in [0.4, 0.5) is 0 Å². The Balaban J connectivity index is 0. The largest absolute Gasteiger partial charge is 0.326 e. The van der Waals surface area contributed by atoms with E-state index in [1.165, 1.54) is 62.6 Å². The van der Waals surface area contributed by atoms with Gasteiger partial charge in [-0.2, -0.15) is 8.42 Å². The van der Waals surface area contributed by atoms with Crippen molar-refractivity contribution in [1.29, 1.82) is 0 Å². The molecule has 0 amide bonds. The van der Waals surface area contributed by atoms with Crippen LogP contribution in [-0.4, -0.2) is 50.4 Å². The Morgan fingerprint density at radius 1 is 0.842 bits per heavy atom. The van der Waals surface area contributed by atoms with E-state index >= 15 is 0 Å². The molecule has 5 heteroatoms. The second-order valence-electron chi connectivity index (χ2n) is 5.58. The molecule has 0 aliphatic rings. The molecule has 0 spiro atoms. The molecule has 0 aromatic rings. The van der Waals surface area contributed by atoms with Crippen LogP contribution in [0.15, 0.2) is 0 Å². The molecule has 0 saturated carbocycles. The first kappa shape index (κ1) is 21.2. The molecule has 0 aliphatic carbocycles. The van der Waals surface area contributed by atoms with E-state index in [2.05, 4.69) is 27.8 Å². The summed E-state index contributed by atoms with van der Waals surface area (Å²) in [5.41, 5.74) is 0. The van der Waals surface area contributed by atoms with Crippen molar-refractivity contribution in [2.45, 2.75) is 59.3 Å².